The average molecular weight is 212 g/mol. The number of piperidine rings is 1. The zero-order valence-corrected chi connectivity index (χ0v) is 9.13. The smallest absolute Gasteiger partial charge is 0.224 e. The van der Waals surface area contributed by atoms with Crippen molar-refractivity contribution in [3.05, 3.63) is 0 Å². The Balaban J connectivity index is 1.74. The van der Waals surface area contributed by atoms with Gasteiger partial charge in [-0.2, -0.15) is 0 Å². The summed E-state index contributed by atoms with van der Waals surface area (Å²) in [6.45, 7) is 3.47. The third-order valence-electron chi connectivity index (χ3n) is 3.24. The van der Waals surface area contributed by atoms with Gasteiger partial charge in [-0.05, 0) is 32.2 Å². The second kappa shape index (κ2) is 5.47. The van der Waals surface area contributed by atoms with Crippen molar-refractivity contribution in [2.75, 3.05) is 26.3 Å². The third kappa shape index (κ3) is 3.18. The Hall–Kier alpha value is -0.610. The molecule has 0 unspecified atom stereocenters. The van der Waals surface area contributed by atoms with Crippen LogP contribution < -0.4 is 10.6 Å². The quantitative estimate of drug-likeness (QED) is 0.691. The standard InChI is InChI=1S/C11H20N2O2/c14-11(9-2-1-5-12-8-9)13-10-3-6-15-7-4-10/h9-10,12H,1-8H2,(H,13,14)/t9-/m1/s1. The van der Waals surface area contributed by atoms with Gasteiger partial charge < -0.3 is 15.4 Å². The maximum absolute atomic E-state index is 11.9. The van der Waals surface area contributed by atoms with Crippen molar-refractivity contribution in [3.63, 3.8) is 0 Å². The number of hydrogen-bond donors (Lipinski definition) is 2. The van der Waals surface area contributed by atoms with Crippen molar-refractivity contribution in [2.45, 2.75) is 31.7 Å². The van der Waals surface area contributed by atoms with Gasteiger partial charge in [0.05, 0.1) is 5.92 Å². The molecular formula is C11H20N2O2. The molecule has 0 spiro atoms. The van der Waals surface area contributed by atoms with E-state index in [4.69, 9.17) is 4.74 Å². The van der Waals surface area contributed by atoms with Gasteiger partial charge in [-0.25, -0.2) is 0 Å². The molecule has 2 aliphatic rings. The lowest BCUT2D eigenvalue weighted by molar-refractivity contribution is -0.126. The Morgan fingerprint density at radius 2 is 2.07 bits per heavy atom. The highest BCUT2D eigenvalue weighted by Crippen LogP contribution is 2.12. The molecule has 2 heterocycles. The molecule has 0 aromatic heterocycles. The first-order chi connectivity index (χ1) is 7.36. The first-order valence-corrected chi connectivity index (χ1v) is 5.95. The van der Waals surface area contributed by atoms with Crippen LogP contribution in [0.25, 0.3) is 0 Å². The molecule has 1 atom stereocenters. The zero-order valence-electron chi connectivity index (χ0n) is 9.13. The van der Waals surface area contributed by atoms with Crippen LogP contribution in [0.2, 0.25) is 0 Å². The van der Waals surface area contributed by atoms with Crippen molar-refractivity contribution in [1.82, 2.24) is 10.6 Å². The van der Waals surface area contributed by atoms with E-state index in [1.165, 1.54) is 0 Å². The minimum atomic E-state index is 0.182. The normalized spacial score (nSPS) is 28.7. The monoisotopic (exact) mass is 212 g/mol. The second-order valence-electron chi connectivity index (χ2n) is 4.44. The van der Waals surface area contributed by atoms with E-state index >= 15 is 0 Å². The predicted molar refractivity (Wildman–Crippen MR) is 57.6 cm³/mol. The van der Waals surface area contributed by atoms with E-state index in [1.54, 1.807) is 0 Å². The molecular weight excluding hydrogens is 192 g/mol. The number of nitrogens with one attached hydrogen (secondary N) is 2. The molecule has 86 valence electrons. The topological polar surface area (TPSA) is 50.4 Å². The summed E-state index contributed by atoms with van der Waals surface area (Å²) in [6.07, 6.45) is 4.08. The van der Waals surface area contributed by atoms with Gasteiger partial charge in [0, 0.05) is 25.8 Å². The Kier molecular flexibility index (Phi) is 3.97. The van der Waals surface area contributed by atoms with E-state index in [2.05, 4.69) is 10.6 Å². The minimum absolute atomic E-state index is 0.182. The largest absolute Gasteiger partial charge is 0.381 e. The third-order valence-corrected chi connectivity index (χ3v) is 3.24. The molecule has 2 N–H and O–H groups in total. The first-order valence-electron chi connectivity index (χ1n) is 5.95. The molecule has 1 amide bonds. The van der Waals surface area contributed by atoms with Crippen LogP contribution in [0.5, 0.6) is 0 Å². The summed E-state index contributed by atoms with van der Waals surface area (Å²) in [7, 11) is 0. The lowest BCUT2D eigenvalue weighted by Gasteiger charge is -2.27. The summed E-state index contributed by atoms with van der Waals surface area (Å²) in [6, 6.07) is 0.341. The number of carbonyl (C=O) groups excluding carboxylic acids is 1. The molecule has 0 aromatic rings. The van der Waals surface area contributed by atoms with E-state index in [0.29, 0.717) is 6.04 Å². The van der Waals surface area contributed by atoms with Gasteiger partial charge >= 0.3 is 0 Å². The molecule has 4 heteroatoms. The molecule has 0 aromatic carbocycles. The summed E-state index contributed by atoms with van der Waals surface area (Å²) in [5, 5.41) is 6.40. The fraction of sp³-hybridized carbons (Fsp3) is 0.909. The zero-order chi connectivity index (χ0) is 10.5. The van der Waals surface area contributed by atoms with Crippen molar-refractivity contribution < 1.29 is 9.53 Å². The second-order valence-corrected chi connectivity index (χ2v) is 4.44. The SMILES string of the molecule is O=C(NC1CCOCC1)[C@@H]1CCCNC1. The summed E-state index contributed by atoms with van der Waals surface area (Å²) >= 11 is 0. The number of carbonyl (C=O) groups is 1. The van der Waals surface area contributed by atoms with E-state index in [-0.39, 0.29) is 11.8 Å². The predicted octanol–water partition coefficient (Wildman–Crippen LogP) is 0.281. The molecule has 2 rings (SSSR count). The van der Waals surface area contributed by atoms with Gasteiger partial charge in [0.2, 0.25) is 5.91 Å². The Morgan fingerprint density at radius 1 is 1.27 bits per heavy atom. The van der Waals surface area contributed by atoms with Crippen LogP contribution >= 0.6 is 0 Å². The van der Waals surface area contributed by atoms with Gasteiger partial charge in [-0.15, -0.1) is 0 Å². The van der Waals surface area contributed by atoms with Crippen molar-refractivity contribution >= 4 is 5.91 Å². The van der Waals surface area contributed by atoms with Crippen molar-refractivity contribution in [2.24, 2.45) is 5.92 Å². The van der Waals surface area contributed by atoms with E-state index in [9.17, 15) is 4.79 Å². The molecule has 0 saturated carbocycles. The number of hydrogen-bond acceptors (Lipinski definition) is 3. The summed E-state index contributed by atoms with van der Waals surface area (Å²) in [4.78, 5) is 11.9. The molecule has 0 radical (unpaired) electrons. The molecule has 2 aliphatic heterocycles. The molecule has 2 saturated heterocycles. The summed E-state index contributed by atoms with van der Waals surface area (Å²) in [5.74, 6) is 0.413. The highest BCUT2D eigenvalue weighted by molar-refractivity contribution is 5.79. The van der Waals surface area contributed by atoms with Gasteiger partial charge in [-0.1, -0.05) is 0 Å². The maximum Gasteiger partial charge on any atom is 0.224 e. The molecule has 4 nitrogen and oxygen atoms in total. The van der Waals surface area contributed by atoms with Gasteiger partial charge in [-0.3, -0.25) is 4.79 Å². The van der Waals surface area contributed by atoms with E-state index < -0.39 is 0 Å². The van der Waals surface area contributed by atoms with Crippen LogP contribution in [0.15, 0.2) is 0 Å². The Bertz CT molecular complexity index is 209. The molecule has 15 heavy (non-hydrogen) atoms. The summed E-state index contributed by atoms with van der Waals surface area (Å²) in [5.41, 5.74) is 0. The van der Waals surface area contributed by atoms with Gasteiger partial charge in [0.1, 0.15) is 0 Å². The Morgan fingerprint density at radius 3 is 2.73 bits per heavy atom. The van der Waals surface area contributed by atoms with Crippen LogP contribution in [0.3, 0.4) is 0 Å². The van der Waals surface area contributed by atoms with Crippen molar-refractivity contribution in [3.8, 4) is 0 Å². The van der Waals surface area contributed by atoms with E-state index in [0.717, 1.165) is 52.0 Å². The van der Waals surface area contributed by atoms with Gasteiger partial charge in [0.15, 0.2) is 0 Å². The lowest BCUT2D eigenvalue weighted by Crippen LogP contribution is -2.46. The van der Waals surface area contributed by atoms with Crippen LogP contribution in [0, 0.1) is 5.92 Å². The van der Waals surface area contributed by atoms with Crippen molar-refractivity contribution in [1.29, 1.82) is 0 Å². The fourth-order valence-electron chi connectivity index (χ4n) is 2.24. The maximum atomic E-state index is 11.9. The number of rotatable bonds is 2. The van der Waals surface area contributed by atoms with Gasteiger partial charge in [0.25, 0.3) is 0 Å². The minimum Gasteiger partial charge on any atom is -0.381 e. The number of amides is 1. The van der Waals surface area contributed by atoms with E-state index in [1.807, 2.05) is 0 Å². The summed E-state index contributed by atoms with van der Waals surface area (Å²) < 4.78 is 5.26. The lowest BCUT2D eigenvalue weighted by atomic mass is 9.98. The number of ether oxygens (including phenoxy) is 1. The van der Waals surface area contributed by atoms with Crippen LogP contribution in [-0.4, -0.2) is 38.3 Å². The van der Waals surface area contributed by atoms with Crippen LogP contribution in [-0.2, 0) is 9.53 Å². The average Bonchev–Trinajstić information content (AvgIpc) is 2.31. The highest BCUT2D eigenvalue weighted by atomic mass is 16.5. The molecule has 0 bridgehead atoms. The fourth-order valence-corrected chi connectivity index (χ4v) is 2.24. The molecule has 2 fully saturated rings. The van der Waals surface area contributed by atoms with Crippen LogP contribution in [0.1, 0.15) is 25.7 Å². The van der Waals surface area contributed by atoms with Crippen LogP contribution in [0.4, 0.5) is 0 Å². The molecule has 0 aliphatic carbocycles. The Labute approximate surface area is 90.8 Å². The highest BCUT2D eigenvalue weighted by Gasteiger charge is 2.23. The first kappa shape index (κ1) is 10.9.